The first-order chi connectivity index (χ1) is 17.3. The van der Waals surface area contributed by atoms with Crippen molar-refractivity contribution in [3.63, 3.8) is 0 Å². The van der Waals surface area contributed by atoms with Crippen molar-refractivity contribution in [3.05, 3.63) is 126 Å². The molecule has 0 fully saturated rings. The van der Waals surface area contributed by atoms with E-state index in [1.165, 1.54) is 5.01 Å². The van der Waals surface area contributed by atoms with Crippen molar-refractivity contribution in [2.24, 2.45) is 5.10 Å². The van der Waals surface area contributed by atoms with Gasteiger partial charge in [-0.15, -0.1) is 11.3 Å². The number of anilines is 1. The van der Waals surface area contributed by atoms with Crippen LogP contribution < -0.4 is 5.01 Å². The standard InChI is InChI=1S/C28H19N5OS/c34-28-24(26(20-9-7-15-29-18-20)31-33(28)23-12-5-2-6-13-23)17-21-19-32(22-10-3-1-4-11-22)30-27(21)25-14-8-16-35-25/h1-19H. The van der Waals surface area contributed by atoms with E-state index in [1.807, 2.05) is 107 Å². The lowest BCUT2D eigenvalue weighted by Crippen LogP contribution is -2.21. The normalized spacial score (nSPS) is 14.5. The number of carbonyl (C=O) groups excluding carboxylic acids is 1. The number of thiophene rings is 1. The van der Waals surface area contributed by atoms with Gasteiger partial charge in [-0.3, -0.25) is 9.78 Å². The average Bonchev–Trinajstić information content (AvgIpc) is 3.66. The Kier molecular flexibility index (Phi) is 5.37. The summed E-state index contributed by atoms with van der Waals surface area (Å²) in [7, 11) is 0. The third-order valence-electron chi connectivity index (χ3n) is 5.63. The number of rotatable bonds is 5. The molecule has 35 heavy (non-hydrogen) atoms. The molecule has 2 aromatic carbocycles. The first kappa shape index (κ1) is 20.9. The summed E-state index contributed by atoms with van der Waals surface area (Å²) in [6.45, 7) is 0. The summed E-state index contributed by atoms with van der Waals surface area (Å²) >= 11 is 1.61. The predicted octanol–water partition coefficient (Wildman–Crippen LogP) is 5.83. The minimum Gasteiger partial charge on any atom is -0.267 e. The van der Waals surface area contributed by atoms with E-state index in [2.05, 4.69) is 4.98 Å². The molecule has 168 valence electrons. The van der Waals surface area contributed by atoms with Crippen LogP contribution >= 0.6 is 11.3 Å². The largest absolute Gasteiger partial charge is 0.281 e. The van der Waals surface area contributed by atoms with Gasteiger partial charge < -0.3 is 0 Å². The van der Waals surface area contributed by atoms with Crippen molar-refractivity contribution in [2.45, 2.75) is 0 Å². The summed E-state index contributed by atoms with van der Waals surface area (Å²) < 4.78 is 1.84. The number of aromatic nitrogens is 3. The number of nitrogens with zero attached hydrogens (tertiary/aromatic N) is 5. The van der Waals surface area contributed by atoms with Crippen LogP contribution in [0, 0.1) is 0 Å². The van der Waals surface area contributed by atoms with Crippen LogP contribution in [0.3, 0.4) is 0 Å². The number of hydrogen-bond acceptors (Lipinski definition) is 5. The predicted molar refractivity (Wildman–Crippen MR) is 140 cm³/mol. The zero-order valence-corrected chi connectivity index (χ0v) is 19.3. The number of hydrazone groups is 1. The maximum Gasteiger partial charge on any atom is 0.281 e. The van der Waals surface area contributed by atoms with E-state index < -0.39 is 0 Å². The first-order valence-corrected chi connectivity index (χ1v) is 12.0. The van der Waals surface area contributed by atoms with Crippen LogP contribution in [0.2, 0.25) is 0 Å². The summed E-state index contributed by atoms with van der Waals surface area (Å²) in [5.41, 5.74) is 5.15. The van der Waals surface area contributed by atoms with Crippen LogP contribution in [0.4, 0.5) is 5.69 Å². The van der Waals surface area contributed by atoms with Crippen molar-refractivity contribution < 1.29 is 4.79 Å². The molecule has 0 saturated heterocycles. The molecule has 1 amide bonds. The molecule has 0 unspecified atom stereocenters. The first-order valence-electron chi connectivity index (χ1n) is 11.1. The van der Waals surface area contributed by atoms with Crippen LogP contribution in [0.1, 0.15) is 11.1 Å². The lowest BCUT2D eigenvalue weighted by molar-refractivity contribution is -0.114. The van der Waals surface area contributed by atoms with Crippen molar-refractivity contribution in [3.8, 4) is 16.3 Å². The second kappa shape index (κ2) is 8.96. The average molecular weight is 474 g/mol. The van der Waals surface area contributed by atoms with E-state index in [4.69, 9.17) is 10.2 Å². The van der Waals surface area contributed by atoms with Crippen molar-refractivity contribution in [2.75, 3.05) is 5.01 Å². The van der Waals surface area contributed by atoms with Crippen molar-refractivity contribution in [1.82, 2.24) is 14.8 Å². The third-order valence-corrected chi connectivity index (χ3v) is 6.51. The quantitative estimate of drug-likeness (QED) is 0.302. The monoisotopic (exact) mass is 473 g/mol. The SMILES string of the molecule is O=C1C(=Cc2cn(-c3ccccc3)nc2-c2cccs2)C(c2cccnc2)=NN1c1ccccc1. The Hall–Kier alpha value is -4.62. The molecule has 1 aliphatic rings. The highest BCUT2D eigenvalue weighted by atomic mass is 32.1. The second-order valence-corrected chi connectivity index (χ2v) is 8.84. The van der Waals surface area contributed by atoms with E-state index in [9.17, 15) is 4.79 Å². The minimum absolute atomic E-state index is 0.195. The fraction of sp³-hybridized carbons (Fsp3) is 0. The molecule has 0 spiro atoms. The molecule has 0 bridgehead atoms. The van der Waals surface area contributed by atoms with Crippen molar-refractivity contribution >= 4 is 34.7 Å². The number of pyridine rings is 1. The summed E-state index contributed by atoms with van der Waals surface area (Å²) in [5.74, 6) is -0.195. The molecule has 0 radical (unpaired) electrons. The van der Waals surface area contributed by atoms with E-state index in [0.717, 1.165) is 27.4 Å². The van der Waals surface area contributed by atoms with Crippen molar-refractivity contribution in [1.29, 1.82) is 0 Å². The van der Waals surface area contributed by atoms with E-state index in [1.54, 1.807) is 23.7 Å². The summed E-state index contributed by atoms with van der Waals surface area (Å²) in [6, 6.07) is 27.2. The Labute approximate surface area is 206 Å². The smallest absolute Gasteiger partial charge is 0.267 e. The molecular formula is C28H19N5OS. The Morgan fingerprint density at radius 2 is 1.60 bits per heavy atom. The Balaban J connectivity index is 1.51. The number of benzene rings is 2. The lowest BCUT2D eigenvalue weighted by atomic mass is 10.0. The molecule has 0 saturated carbocycles. The highest BCUT2D eigenvalue weighted by Crippen LogP contribution is 2.32. The van der Waals surface area contributed by atoms with Gasteiger partial charge in [-0.2, -0.15) is 15.2 Å². The summed E-state index contributed by atoms with van der Waals surface area (Å²) in [5, 5.41) is 13.0. The van der Waals surface area contributed by atoms with Crippen LogP contribution in [0.25, 0.3) is 22.3 Å². The highest BCUT2D eigenvalue weighted by Gasteiger charge is 2.32. The highest BCUT2D eigenvalue weighted by molar-refractivity contribution is 7.13. The molecule has 0 aliphatic carbocycles. The summed E-state index contributed by atoms with van der Waals surface area (Å²) in [4.78, 5) is 18.9. The topological polar surface area (TPSA) is 63.4 Å². The molecule has 3 aromatic heterocycles. The minimum atomic E-state index is -0.195. The molecule has 5 aromatic rings. The van der Waals surface area contributed by atoms with Gasteiger partial charge in [0, 0.05) is 29.7 Å². The van der Waals surface area contributed by atoms with E-state index in [0.29, 0.717) is 17.0 Å². The molecule has 7 heteroatoms. The fourth-order valence-corrected chi connectivity index (χ4v) is 4.70. The van der Waals surface area contributed by atoms with Gasteiger partial charge in [-0.1, -0.05) is 42.5 Å². The van der Waals surface area contributed by atoms with Gasteiger partial charge >= 0.3 is 0 Å². The molecule has 4 heterocycles. The van der Waals surface area contributed by atoms with E-state index >= 15 is 0 Å². The zero-order chi connectivity index (χ0) is 23.6. The Morgan fingerprint density at radius 3 is 2.29 bits per heavy atom. The fourth-order valence-electron chi connectivity index (χ4n) is 3.97. The van der Waals surface area contributed by atoms with Crippen LogP contribution in [0.5, 0.6) is 0 Å². The molecular weight excluding hydrogens is 454 g/mol. The van der Waals surface area contributed by atoms with Gasteiger partial charge in [-0.05, 0) is 53.9 Å². The van der Waals surface area contributed by atoms with Crippen LogP contribution in [-0.2, 0) is 4.79 Å². The maximum atomic E-state index is 13.7. The summed E-state index contributed by atoms with van der Waals surface area (Å²) in [6.07, 6.45) is 7.27. The molecule has 6 nitrogen and oxygen atoms in total. The molecule has 0 N–H and O–H groups in total. The molecule has 1 aliphatic heterocycles. The molecule has 0 atom stereocenters. The van der Waals surface area contributed by atoms with Gasteiger partial charge in [0.25, 0.3) is 5.91 Å². The number of hydrogen-bond donors (Lipinski definition) is 0. The third kappa shape index (κ3) is 3.98. The second-order valence-electron chi connectivity index (χ2n) is 7.89. The number of amides is 1. The Morgan fingerprint density at radius 1 is 0.829 bits per heavy atom. The maximum absolute atomic E-state index is 13.7. The molecule has 6 rings (SSSR count). The number of carbonyl (C=O) groups is 1. The van der Waals surface area contributed by atoms with Gasteiger partial charge in [0.1, 0.15) is 11.4 Å². The zero-order valence-electron chi connectivity index (χ0n) is 18.5. The van der Waals surface area contributed by atoms with Gasteiger partial charge in [-0.25, -0.2) is 4.68 Å². The number of para-hydroxylation sites is 2. The Bertz CT molecular complexity index is 1540. The van der Waals surface area contributed by atoms with Crippen LogP contribution in [0.15, 0.2) is 120 Å². The van der Waals surface area contributed by atoms with Gasteiger partial charge in [0.05, 0.1) is 21.8 Å². The van der Waals surface area contributed by atoms with Gasteiger partial charge in [0.2, 0.25) is 0 Å². The van der Waals surface area contributed by atoms with Crippen LogP contribution in [-0.4, -0.2) is 26.4 Å². The lowest BCUT2D eigenvalue weighted by Gasteiger charge is -2.10. The van der Waals surface area contributed by atoms with Gasteiger partial charge in [0.15, 0.2) is 0 Å². The van der Waals surface area contributed by atoms with E-state index in [-0.39, 0.29) is 5.91 Å².